The van der Waals surface area contributed by atoms with E-state index in [1.54, 1.807) is 0 Å². The summed E-state index contributed by atoms with van der Waals surface area (Å²) in [5, 5.41) is 3.08. The Bertz CT molecular complexity index is 713. The molecule has 1 aliphatic rings. The molecule has 0 heterocycles. The molecule has 4 heteroatoms. The quantitative estimate of drug-likeness (QED) is 0.744. The van der Waals surface area contributed by atoms with Gasteiger partial charge in [0.05, 0.1) is 12.6 Å². The Morgan fingerprint density at radius 1 is 1.19 bits per heavy atom. The van der Waals surface area contributed by atoms with Gasteiger partial charge in [0.25, 0.3) is 0 Å². The third-order valence-corrected chi connectivity index (χ3v) is 4.82. The van der Waals surface area contributed by atoms with E-state index >= 15 is 0 Å². The fourth-order valence-electron chi connectivity index (χ4n) is 3.10. The molecule has 26 heavy (non-hydrogen) atoms. The first-order valence-electron chi connectivity index (χ1n) is 9.48. The fraction of sp³-hybridized carbons (Fsp3) is 0.409. The molecule has 4 nitrogen and oxygen atoms in total. The van der Waals surface area contributed by atoms with Gasteiger partial charge < -0.3 is 15.0 Å². The second-order valence-electron chi connectivity index (χ2n) is 6.92. The van der Waals surface area contributed by atoms with Crippen LogP contribution in [0, 0.1) is 5.92 Å². The lowest BCUT2D eigenvalue weighted by molar-refractivity contribution is 0.175. The van der Waals surface area contributed by atoms with Gasteiger partial charge in [-0.3, -0.25) is 0 Å². The minimum absolute atomic E-state index is 0.00457. The molecular weight excluding hydrogens is 324 g/mol. The number of hydrogen-bond donors (Lipinski definition) is 1. The highest BCUT2D eigenvalue weighted by atomic mass is 16.5. The van der Waals surface area contributed by atoms with Crippen molar-refractivity contribution in [2.75, 3.05) is 13.2 Å². The maximum absolute atomic E-state index is 12.9. The lowest BCUT2D eigenvalue weighted by atomic mass is 10.1. The van der Waals surface area contributed by atoms with Gasteiger partial charge in [-0.1, -0.05) is 42.5 Å². The predicted octanol–water partition coefficient (Wildman–Crippen LogP) is 4.77. The average molecular weight is 352 g/mol. The summed E-state index contributed by atoms with van der Waals surface area (Å²) >= 11 is 0. The number of nitrogens with zero attached hydrogens (tertiary/aromatic N) is 1. The monoisotopic (exact) mass is 352 g/mol. The van der Waals surface area contributed by atoms with Crippen LogP contribution in [-0.4, -0.2) is 24.1 Å². The number of rotatable bonds is 8. The third-order valence-electron chi connectivity index (χ3n) is 4.82. The van der Waals surface area contributed by atoms with Gasteiger partial charge in [-0.25, -0.2) is 4.79 Å². The summed E-state index contributed by atoms with van der Waals surface area (Å²) in [7, 11) is 0. The van der Waals surface area contributed by atoms with Crippen LogP contribution in [-0.2, 0) is 6.54 Å². The van der Waals surface area contributed by atoms with Crippen molar-refractivity contribution in [1.82, 2.24) is 10.2 Å². The summed E-state index contributed by atoms with van der Waals surface area (Å²) in [5.74, 6) is 1.49. The Kier molecular flexibility index (Phi) is 6.16. The van der Waals surface area contributed by atoms with Crippen LogP contribution in [0.15, 0.2) is 54.6 Å². The Labute approximate surface area is 156 Å². The number of benzene rings is 2. The molecule has 2 aromatic rings. The minimum Gasteiger partial charge on any atom is -0.494 e. The van der Waals surface area contributed by atoms with E-state index in [1.165, 1.54) is 18.4 Å². The van der Waals surface area contributed by atoms with Crippen molar-refractivity contribution >= 4 is 6.03 Å². The summed E-state index contributed by atoms with van der Waals surface area (Å²) in [5.41, 5.74) is 2.21. The average Bonchev–Trinajstić information content (AvgIpc) is 3.49. The van der Waals surface area contributed by atoms with Gasteiger partial charge in [0.1, 0.15) is 5.75 Å². The van der Waals surface area contributed by atoms with E-state index in [1.807, 2.05) is 54.3 Å². The van der Waals surface area contributed by atoms with Crippen molar-refractivity contribution < 1.29 is 9.53 Å². The number of hydrogen-bond acceptors (Lipinski definition) is 2. The van der Waals surface area contributed by atoms with E-state index in [2.05, 4.69) is 24.4 Å². The Morgan fingerprint density at radius 2 is 1.96 bits per heavy atom. The summed E-state index contributed by atoms with van der Waals surface area (Å²) in [6.07, 6.45) is 2.45. The van der Waals surface area contributed by atoms with Crippen LogP contribution in [0.4, 0.5) is 4.79 Å². The van der Waals surface area contributed by atoms with Crippen LogP contribution in [0.25, 0.3) is 0 Å². The van der Waals surface area contributed by atoms with E-state index in [0.717, 1.165) is 17.9 Å². The summed E-state index contributed by atoms with van der Waals surface area (Å²) in [4.78, 5) is 14.9. The second-order valence-corrected chi connectivity index (χ2v) is 6.92. The minimum atomic E-state index is -0.00457. The molecule has 0 aliphatic heterocycles. The first kappa shape index (κ1) is 18.3. The van der Waals surface area contributed by atoms with Crippen LogP contribution in [0.5, 0.6) is 5.75 Å². The highest BCUT2D eigenvalue weighted by Gasteiger charge is 2.30. The number of ether oxygens (including phenoxy) is 1. The maximum atomic E-state index is 12.9. The fourth-order valence-corrected chi connectivity index (χ4v) is 3.10. The smallest absolute Gasteiger partial charge is 0.318 e. The van der Waals surface area contributed by atoms with Crippen LogP contribution >= 0.6 is 0 Å². The maximum Gasteiger partial charge on any atom is 0.318 e. The third kappa shape index (κ3) is 5.01. The second kappa shape index (κ2) is 8.75. The lowest BCUT2D eigenvalue weighted by Crippen LogP contribution is -2.42. The van der Waals surface area contributed by atoms with Crippen LogP contribution in [0.1, 0.15) is 43.9 Å². The van der Waals surface area contributed by atoms with Crippen LogP contribution in [0.3, 0.4) is 0 Å². The van der Waals surface area contributed by atoms with Gasteiger partial charge in [0.15, 0.2) is 0 Å². The number of urea groups is 1. The molecule has 1 saturated carbocycles. The molecule has 3 rings (SSSR count). The van der Waals surface area contributed by atoms with Crippen molar-refractivity contribution in [2.45, 2.75) is 39.3 Å². The Hall–Kier alpha value is -2.49. The largest absolute Gasteiger partial charge is 0.494 e. The molecule has 1 fully saturated rings. The molecule has 0 aromatic heterocycles. The zero-order valence-electron chi connectivity index (χ0n) is 15.7. The highest BCUT2D eigenvalue weighted by molar-refractivity contribution is 5.74. The molecule has 0 bridgehead atoms. The van der Waals surface area contributed by atoms with Gasteiger partial charge in [-0.2, -0.15) is 0 Å². The lowest BCUT2D eigenvalue weighted by Gasteiger charge is -2.30. The van der Waals surface area contributed by atoms with E-state index in [9.17, 15) is 4.79 Å². The molecule has 0 saturated heterocycles. The number of carbonyl (C=O) groups is 1. The zero-order chi connectivity index (χ0) is 18.4. The van der Waals surface area contributed by atoms with E-state index in [0.29, 0.717) is 19.1 Å². The molecule has 1 aliphatic carbocycles. The highest BCUT2D eigenvalue weighted by Crippen LogP contribution is 2.32. The standard InChI is InChI=1S/C22H28N2O2/c1-3-26-21-11-7-8-19(14-21)15-23-22(25)24(16-18-12-13-18)17(2)20-9-5-4-6-10-20/h4-11,14,17-18H,3,12-13,15-16H2,1-2H3,(H,23,25). The SMILES string of the molecule is CCOc1cccc(CNC(=O)N(CC2CC2)C(C)c2ccccc2)c1. The number of carbonyl (C=O) groups excluding carboxylic acids is 1. The number of nitrogens with one attached hydrogen (secondary N) is 1. The van der Waals surface area contributed by atoms with Gasteiger partial charge in [-0.05, 0) is 55.9 Å². The molecule has 1 unspecified atom stereocenters. The first-order valence-corrected chi connectivity index (χ1v) is 9.48. The summed E-state index contributed by atoms with van der Waals surface area (Å²) < 4.78 is 5.53. The topological polar surface area (TPSA) is 41.6 Å². The zero-order valence-corrected chi connectivity index (χ0v) is 15.7. The molecule has 1 atom stereocenters. The van der Waals surface area contributed by atoms with E-state index in [-0.39, 0.29) is 12.1 Å². The van der Waals surface area contributed by atoms with E-state index < -0.39 is 0 Å². The van der Waals surface area contributed by atoms with Crippen LogP contribution in [0.2, 0.25) is 0 Å². The van der Waals surface area contributed by atoms with Gasteiger partial charge in [0.2, 0.25) is 0 Å². The molecule has 0 spiro atoms. The molecular formula is C22H28N2O2. The van der Waals surface area contributed by atoms with Crippen LogP contribution < -0.4 is 10.1 Å². The van der Waals surface area contributed by atoms with Crippen molar-refractivity contribution in [3.8, 4) is 5.75 Å². The summed E-state index contributed by atoms with van der Waals surface area (Å²) in [6, 6.07) is 18.2. The molecule has 0 radical (unpaired) electrons. The predicted molar refractivity (Wildman–Crippen MR) is 104 cm³/mol. The van der Waals surface area contributed by atoms with Crippen molar-refractivity contribution in [3.63, 3.8) is 0 Å². The normalized spacial score (nSPS) is 14.5. The van der Waals surface area contributed by atoms with Crippen molar-refractivity contribution in [2.24, 2.45) is 5.92 Å². The Morgan fingerprint density at radius 3 is 2.65 bits per heavy atom. The van der Waals surface area contributed by atoms with Gasteiger partial charge in [0, 0.05) is 13.1 Å². The van der Waals surface area contributed by atoms with Crippen molar-refractivity contribution in [3.05, 3.63) is 65.7 Å². The molecule has 2 amide bonds. The molecule has 138 valence electrons. The van der Waals surface area contributed by atoms with Crippen molar-refractivity contribution in [1.29, 1.82) is 0 Å². The first-order chi connectivity index (χ1) is 12.7. The molecule has 2 aromatic carbocycles. The van der Waals surface area contributed by atoms with Gasteiger partial charge in [-0.15, -0.1) is 0 Å². The number of amides is 2. The Balaban J connectivity index is 1.64. The molecule has 1 N–H and O–H groups in total. The summed E-state index contributed by atoms with van der Waals surface area (Å²) in [6.45, 7) is 6.03. The van der Waals surface area contributed by atoms with Gasteiger partial charge >= 0.3 is 6.03 Å². The van der Waals surface area contributed by atoms with E-state index in [4.69, 9.17) is 4.74 Å².